The first-order valence-corrected chi connectivity index (χ1v) is 10.9. The van der Waals surface area contributed by atoms with Crippen molar-refractivity contribution in [2.75, 3.05) is 13.7 Å². The molecule has 0 saturated carbocycles. The molecule has 0 radical (unpaired) electrons. The monoisotopic (exact) mass is 432 g/mol. The molecule has 0 bridgehead atoms. The number of likely N-dealkylation sites (N-methyl/N-ethyl adjacent to an activating group) is 1. The highest BCUT2D eigenvalue weighted by atomic mass is 32.2. The van der Waals surface area contributed by atoms with Gasteiger partial charge in [0.15, 0.2) is 5.17 Å². The van der Waals surface area contributed by atoms with Crippen LogP contribution in [-0.2, 0) is 4.79 Å². The number of amidine groups is 1. The highest BCUT2D eigenvalue weighted by molar-refractivity contribution is 8.18. The molecule has 2 aromatic heterocycles. The Labute approximate surface area is 186 Å². The molecule has 3 heterocycles. The molecule has 7 heteroatoms. The van der Waals surface area contributed by atoms with Crippen LogP contribution >= 0.6 is 11.8 Å². The minimum absolute atomic E-state index is 0.0256. The van der Waals surface area contributed by atoms with Crippen molar-refractivity contribution in [3.8, 4) is 11.6 Å². The number of aliphatic imine (C=N–C) groups is 1. The summed E-state index contributed by atoms with van der Waals surface area (Å²) < 4.78 is 7.30. The van der Waals surface area contributed by atoms with Crippen LogP contribution in [0, 0.1) is 13.8 Å². The molecule has 0 aliphatic carbocycles. The summed E-state index contributed by atoms with van der Waals surface area (Å²) >= 11 is 1.40. The predicted molar refractivity (Wildman–Crippen MR) is 126 cm³/mol. The fourth-order valence-corrected chi connectivity index (χ4v) is 4.60. The van der Waals surface area contributed by atoms with Crippen molar-refractivity contribution in [1.82, 2.24) is 14.5 Å². The van der Waals surface area contributed by atoms with Gasteiger partial charge in [-0.25, -0.2) is 9.98 Å². The maximum atomic E-state index is 13.0. The van der Waals surface area contributed by atoms with Crippen molar-refractivity contribution in [3.63, 3.8) is 0 Å². The van der Waals surface area contributed by atoms with Crippen molar-refractivity contribution >= 4 is 34.6 Å². The van der Waals surface area contributed by atoms with Crippen LogP contribution in [0.25, 0.3) is 11.9 Å². The van der Waals surface area contributed by atoms with E-state index in [4.69, 9.17) is 9.73 Å². The van der Waals surface area contributed by atoms with Gasteiger partial charge in [-0.3, -0.25) is 9.69 Å². The average Bonchev–Trinajstić information content (AvgIpc) is 3.23. The second kappa shape index (κ2) is 8.81. The molecule has 31 heavy (non-hydrogen) atoms. The van der Waals surface area contributed by atoms with Crippen molar-refractivity contribution in [3.05, 3.63) is 76.6 Å². The molecule has 3 aromatic rings. The second-order valence-electron chi connectivity index (χ2n) is 7.10. The van der Waals surface area contributed by atoms with E-state index in [1.165, 1.54) is 11.8 Å². The zero-order chi connectivity index (χ0) is 22.0. The largest absolute Gasteiger partial charge is 0.497 e. The highest BCUT2D eigenvalue weighted by Crippen LogP contribution is 2.35. The number of pyridine rings is 1. The van der Waals surface area contributed by atoms with Gasteiger partial charge in [-0.2, -0.15) is 0 Å². The Morgan fingerprint density at radius 2 is 1.94 bits per heavy atom. The molecule has 1 aliphatic heterocycles. The summed E-state index contributed by atoms with van der Waals surface area (Å²) in [5, 5.41) is 0.683. The van der Waals surface area contributed by atoms with Crippen molar-refractivity contribution in [2.45, 2.75) is 20.8 Å². The number of hydrogen-bond acceptors (Lipinski definition) is 5. The maximum Gasteiger partial charge on any atom is 0.266 e. The number of ether oxygens (including phenoxy) is 1. The number of amides is 1. The van der Waals surface area contributed by atoms with Crippen LogP contribution < -0.4 is 4.74 Å². The topological polar surface area (TPSA) is 59.7 Å². The van der Waals surface area contributed by atoms with Crippen LogP contribution in [0.2, 0.25) is 0 Å². The normalized spacial score (nSPS) is 16.5. The van der Waals surface area contributed by atoms with E-state index in [0.29, 0.717) is 16.6 Å². The quantitative estimate of drug-likeness (QED) is 0.525. The minimum atomic E-state index is -0.0256. The number of aromatic nitrogens is 2. The maximum absolute atomic E-state index is 13.0. The van der Waals surface area contributed by atoms with Crippen LogP contribution in [0.15, 0.2) is 64.6 Å². The summed E-state index contributed by atoms with van der Waals surface area (Å²) in [5.41, 5.74) is 3.89. The summed E-state index contributed by atoms with van der Waals surface area (Å²) in [6.45, 7) is 6.60. The van der Waals surface area contributed by atoms with E-state index in [2.05, 4.69) is 15.6 Å². The van der Waals surface area contributed by atoms with E-state index in [1.807, 2.05) is 69.3 Å². The lowest BCUT2D eigenvalue weighted by atomic mass is 10.2. The van der Waals surface area contributed by atoms with Gasteiger partial charge in [0.25, 0.3) is 5.91 Å². The molecule has 0 spiro atoms. The Morgan fingerprint density at radius 3 is 2.58 bits per heavy atom. The van der Waals surface area contributed by atoms with Gasteiger partial charge in [0, 0.05) is 24.1 Å². The molecule has 6 nitrogen and oxygen atoms in total. The van der Waals surface area contributed by atoms with Gasteiger partial charge in [0.2, 0.25) is 0 Å². The number of methoxy groups -OCH3 is 1. The number of carbonyl (C=O) groups excluding carboxylic acids is 1. The van der Waals surface area contributed by atoms with E-state index < -0.39 is 0 Å². The van der Waals surface area contributed by atoms with Crippen molar-refractivity contribution in [2.24, 2.45) is 4.99 Å². The number of nitrogens with zero attached hydrogens (tertiary/aromatic N) is 4. The third-order valence-electron chi connectivity index (χ3n) is 5.14. The lowest BCUT2D eigenvalue weighted by Gasteiger charge is -2.12. The SMILES string of the molecule is CCN1C(=O)/C(=C\c2cc(C)n(-c3ccccn3)c2C)SC1=Nc1ccc(OC)cc1. The van der Waals surface area contributed by atoms with Gasteiger partial charge < -0.3 is 9.30 Å². The minimum Gasteiger partial charge on any atom is -0.497 e. The molecule has 0 atom stereocenters. The lowest BCUT2D eigenvalue weighted by Crippen LogP contribution is -2.28. The summed E-state index contributed by atoms with van der Waals surface area (Å²) in [5.74, 6) is 1.61. The third-order valence-corrected chi connectivity index (χ3v) is 6.14. The number of carbonyl (C=O) groups is 1. The van der Waals surface area contributed by atoms with Crippen LogP contribution in [0.5, 0.6) is 5.75 Å². The Kier molecular flexibility index (Phi) is 5.95. The van der Waals surface area contributed by atoms with Gasteiger partial charge in [0.05, 0.1) is 17.7 Å². The van der Waals surface area contributed by atoms with E-state index in [0.717, 1.165) is 34.2 Å². The van der Waals surface area contributed by atoms with Crippen molar-refractivity contribution in [1.29, 1.82) is 0 Å². The van der Waals surface area contributed by atoms with Gasteiger partial charge >= 0.3 is 0 Å². The number of hydrogen-bond donors (Lipinski definition) is 0. The molecule has 4 rings (SSSR count). The number of rotatable bonds is 5. The number of benzene rings is 1. The third kappa shape index (κ3) is 4.14. The van der Waals surface area contributed by atoms with Gasteiger partial charge in [-0.05, 0) is 86.6 Å². The van der Waals surface area contributed by atoms with Gasteiger partial charge in [-0.1, -0.05) is 6.07 Å². The summed E-state index contributed by atoms with van der Waals surface area (Å²) in [6.07, 6.45) is 3.73. The molecule has 1 aliphatic rings. The molecule has 0 unspecified atom stereocenters. The smallest absolute Gasteiger partial charge is 0.266 e. The van der Waals surface area contributed by atoms with Crippen LogP contribution in [-0.4, -0.2) is 39.2 Å². The summed E-state index contributed by atoms with van der Waals surface area (Å²) in [7, 11) is 1.63. The Morgan fingerprint density at radius 1 is 1.16 bits per heavy atom. The van der Waals surface area contributed by atoms with Gasteiger partial charge in [-0.15, -0.1) is 0 Å². The van der Waals surface area contributed by atoms with E-state index >= 15 is 0 Å². The molecule has 1 saturated heterocycles. The number of aryl methyl sites for hydroxylation is 1. The fraction of sp³-hybridized carbons (Fsp3) is 0.208. The van der Waals surface area contributed by atoms with Crippen LogP contribution in [0.1, 0.15) is 23.9 Å². The van der Waals surface area contributed by atoms with E-state index in [-0.39, 0.29) is 5.91 Å². The zero-order valence-electron chi connectivity index (χ0n) is 18.0. The van der Waals surface area contributed by atoms with Crippen LogP contribution in [0.4, 0.5) is 5.69 Å². The standard InChI is InChI=1S/C24H24N4O2S/c1-5-27-23(29)21(31-24(27)26-19-9-11-20(30-4)12-10-19)15-18-14-16(2)28(17(18)3)22-8-6-7-13-25-22/h6-15H,5H2,1-4H3/b21-15+,26-24?. The summed E-state index contributed by atoms with van der Waals surface area (Å²) in [4.78, 5) is 24.6. The second-order valence-corrected chi connectivity index (χ2v) is 8.11. The first-order chi connectivity index (χ1) is 15.0. The molecular formula is C24H24N4O2S. The zero-order valence-corrected chi connectivity index (χ0v) is 18.8. The molecule has 158 valence electrons. The van der Waals surface area contributed by atoms with E-state index in [1.54, 1.807) is 18.2 Å². The Bertz CT molecular complexity index is 1160. The number of thioether (sulfide) groups is 1. The molecule has 1 fully saturated rings. The average molecular weight is 433 g/mol. The molecule has 0 N–H and O–H groups in total. The summed E-state index contributed by atoms with van der Waals surface area (Å²) in [6, 6.07) is 15.4. The van der Waals surface area contributed by atoms with E-state index in [9.17, 15) is 4.79 Å². The van der Waals surface area contributed by atoms with Crippen LogP contribution in [0.3, 0.4) is 0 Å². The fourth-order valence-electron chi connectivity index (χ4n) is 3.55. The molecule has 1 aromatic carbocycles. The molecular weight excluding hydrogens is 408 g/mol. The predicted octanol–water partition coefficient (Wildman–Crippen LogP) is 5.12. The Balaban J connectivity index is 1.67. The Hall–Kier alpha value is -3.32. The molecule has 1 amide bonds. The lowest BCUT2D eigenvalue weighted by molar-refractivity contribution is -0.122. The highest BCUT2D eigenvalue weighted by Gasteiger charge is 2.32. The first-order valence-electron chi connectivity index (χ1n) is 10.1. The van der Waals surface area contributed by atoms with Crippen molar-refractivity contribution < 1.29 is 9.53 Å². The van der Waals surface area contributed by atoms with Gasteiger partial charge in [0.1, 0.15) is 11.6 Å². The first kappa shape index (κ1) is 20.9.